The number of anilines is 1. The van der Waals surface area contributed by atoms with Gasteiger partial charge < -0.3 is 5.73 Å². The Morgan fingerprint density at radius 3 is 2.64 bits per heavy atom. The average molecular weight is 364 g/mol. The summed E-state index contributed by atoms with van der Waals surface area (Å²) in [5.74, 6) is 0.664. The van der Waals surface area contributed by atoms with Crippen LogP contribution in [0, 0.1) is 3.57 Å². The van der Waals surface area contributed by atoms with Crippen LogP contribution in [0.3, 0.4) is 0 Å². The van der Waals surface area contributed by atoms with Crippen molar-refractivity contribution in [2.75, 3.05) is 5.73 Å². The molecule has 1 heterocycles. The smallest absolute Gasteiger partial charge is 0.140 e. The Morgan fingerprint density at radius 2 is 2.07 bits per heavy atom. The number of rotatable bonds is 1. The van der Waals surface area contributed by atoms with E-state index in [9.17, 15) is 0 Å². The molecule has 0 radical (unpaired) electrons. The largest absolute Gasteiger partial charge is 0.383 e. The van der Waals surface area contributed by atoms with Gasteiger partial charge in [-0.1, -0.05) is 12.1 Å². The molecule has 2 N–H and O–H groups in total. The van der Waals surface area contributed by atoms with Crippen molar-refractivity contribution in [3.05, 3.63) is 38.5 Å². The monoisotopic (exact) mass is 363 g/mol. The maximum Gasteiger partial charge on any atom is 0.140 e. The molecule has 3 nitrogen and oxygen atoms in total. The van der Waals surface area contributed by atoms with Gasteiger partial charge in [-0.2, -0.15) is 5.10 Å². The second-order valence-electron chi connectivity index (χ2n) is 2.74. The third kappa shape index (κ3) is 1.66. The molecular formula is C9H7BrIN3. The Balaban J connectivity index is 2.60. The Kier molecular flexibility index (Phi) is 2.78. The summed E-state index contributed by atoms with van der Waals surface area (Å²) in [5.41, 5.74) is 6.83. The lowest BCUT2D eigenvalue weighted by atomic mass is 10.3. The number of hydrogen-bond donors (Lipinski definition) is 1. The standard InChI is InChI=1S/C9H7BrIN3/c10-6-3-1-2-4-8(6)14-9(12)7(11)5-13-14/h1-5H,12H2. The van der Waals surface area contributed by atoms with Gasteiger partial charge in [0.05, 0.1) is 15.5 Å². The van der Waals surface area contributed by atoms with Crippen molar-refractivity contribution in [3.63, 3.8) is 0 Å². The van der Waals surface area contributed by atoms with E-state index in [2.05, 4.69) is 43.6 Å². The number of aromatic nitrogens is 2. The summed E-state index contributed by atoms with van der Waals surface area (Å²) < 4.78 is 3.65. The molecule has 72 valence electrons. The normalized spacial score (nSPS) is 10.4. The third-order valence-corrected chi connectivity index (χ3v) is 3.34. The van der Waals surface area contributed by atoms with E-state index in [1.807, 2.05) is 24.3 Å². The summed E-state index contributed by atoms with van der Waals surface area (Å²) in [6, 6.07) is 7.83. The Labute approximate surface area is 104 Å². The lowest BCUT2D eigenvalue weighted by Gasteiger charge is -2.05. The van der Waals surface area contributed by atoms with E-state index in [0.717, 1.165) is 13.7 Å². The molecule has 0 atom stereocenters. The molecule has 0 saturated carbocycles. The van der Waals surface area contributed by atoms with Gasteiger partial charge in [-0.3, -0.25) is 0 Å². The van der Waals surface area contributed by atoms with Gasteiger partial charge in [-0.05, 0) is 50.7 Å². The van der Waals surface area contributed by atoms with Crippen LogP contribution in [-0.4, -0.2) is 9.78 Å². The fourth-order valence-electron chi connectivity index (χ4n) is 1.15. The fourth-order valence-corrected chi connectivity index (χ4v) is 1.96. The fraction of sp³-hybridized carbons (Fsp3) is 0. The molecule has 0 aliphatic rings. The molecule has 1 aromatic carbocycles. The van der Waals surface area contributed by atoms with Crippen LogP contribution in [0.2, 0.25) is 0 Å². The van der Waals surface area contributed by atoms with E-state index >= 15 is 0 Å². The molecular weight excluding hydrogens is 357 g/mol. The molecule has 0 bridgehead atoms. The predicted molar refractivity (Wildman–Crippen MR) is 68.4 cm³/mol. The molecule has 0 unspecified atom stereocenters. The summed E-state index contributed by atoms with van der Waals surface area (Å²) >= 11 is 5.62. The molecule has 2 aromatic rings. The molecule has 0 amide bonds. The van der Waals surface area contributed by atoms with E-state index in [4.69, 9.17) is 5.73 Å². The molecule has 0 saturated heterocycles. The van der Waals surface area contributed by atoms with Crippen LogP contribution in [0.1, 0.15) is 0 Å². The minimum atomic E-state index is 0.664. The second-order valence-corrected chi connectivity index (χ2v) is 4.76. The van der Waals surface area contributed by atoms with Gasteiger partial charge in [0.1, 0.15) is 5.82 Å². The van der Waals surface area contributed by atoms with Gasteiger partial charge in [0.15, 0.2) is 0 Å². The zero-order valence-corrected chi connectivity index (χ0v) is 10.9. The topological polar surface area (TPSA) is 43.8 Å². The van der Waals surface area contributed by atoms with Crippen LogP contribution in [0.5, 0.6) is 0 Å². The highest BCUT2D eigenvalue weighted by Crippen LogP contribution is 2.24. The lowest BCUT2D eigenvalue weighted by Crippen LogP contribution is -2.02. The van der Waals surface area contributed by atoms with Crippen LogP contribution in [0.4, 0.5) is 5.82 Å². The van der Waals surface area contributed by atoms with Gasteiger partial charge >= 0.3 is 0 Å². The van der Waals surface area contributed by atoms with E-state index in [1.165, 1.54) is 0 Å². The number of nitrogens with two attached hydrogens (primary N) is 1. The van der Waals surface area contributed by atoms with Crippen molar-refractivity contribution >= 4 is 44.3 Å². The van der Waals surface area contributed by atoms with Crippen molar-refractivity contribution in [2.24, 2.45) is 0 Å². The Hall–Kier alpha value is -0.560. The maximum atomic E-state index is 5.88. The molecule has 0 spiro atoms. The molecule has 5 heteroatoms. The SMILES string of the molecule is Nc1c(I)cnn1-c1ccccc1Br. The van der Waals surface area contributed by atoms with Crippen molar-refractivity contribution in [1.29, 1.82) is 0 Å². The maximum absolute atomic E-state index is 5.88. The van der Waals surface area contributed by atoms with E-state index < -0.39 is 0 Å². The first-order valence-corrected chi connectivity index (χ1v) is 5.81. The summed E-state index contributed by atoms with van der Waals surface area (Å²) in [6.45, 7) is 0. The van der Waals surface area contributed by atoms with Gasteiger partial charge in [-0.15, -0.1) is 0 Å². The molecule has 1 aromatic heterocycles. The summed E-state index contributed by atoms with van der Waals surface area (Å²) in [4.78, 5) is 0. The number of nitrogens with zero attached hydrogens (tertiary/aromatic N) is 2. The quantitative estimate of drug-likeness (QED) is 0.792. The third-order valence-electron chi connectivity index (χ3n) is 1.84. The van der Waals surface area contributed by atoms with Crippen molar-refractivity contribution in [2.45, 2.75) is 0 Å². The molecule has 14 heavy (non-hydrogen) atoms. The van der Waals surface area contributed by atoms with Crippen LogP contribution in [0.25, 0.3) is 5.69 Å². The second kappa shape index (κ2) is 3.90. The van der Waals surface area contributed by atoms with Crippen molar-refractivity contribution in [3.8, 4) is 5.69 Å². The number of para-hydroxylation sites is 1. The van der Waals surface area contributed by atoms with Gasteiger partial charge in [0, 0.05) is 4.47 Å². The summed E-state index contributed by atoms with van der Waals surface area (Å²) in [7, 11) is 0. The molecule has 2 rings (SSSR count). The van der Waals surface area contributed by atoms with Gasteiger partial charge in [0.25, 0.3) is 0 Å². The van der Waals surface area contributed by atoms with Crippen LogP contribution in [0.15, 0.2) is 34.9 Å². The average Bonchev–Trinajstić information content (AvgIpc) is 2.49. The molecule has 0 fully saturated rings. The highest BCUT2D eigenvalue weighted by Gasteiger charge is 2.08. The minimum Gasteiger partial charge on any atom is -0.383 e. The van der Waals surface area contributed by atoms with Gasteiger partial charge in [-0.25, -0.2) is 4.68 Å². The summed E-state index contributed by atoms with van der Waals surface area (Å²) in [6.07, 6.45) is 1.75. The predicted octanol–water partition coefficient (Wildman–Crippen LogP) is 2.82. The Morgan fingerprint density at radius 1 is 1.36 bits per heavy atom. The summed E-state index contributed by atoms with van der Waals surface area (Å²) in [5, 5.41) is 4.20. The Bertz CT molecular complexity index is 467. The minimum absolute atomic E-state index is 0.664. The first kappa shape index (κ1) is 9.97. The number of benzene rings is 1. The highest BCUT2D eigenvalue weighted by molar-refractivity contribution is 14.1. The highest BCUT2D eigenvalue weighted by atomic mass is 127. The van der Waals surface area contributed by atoms with Crippen LogP contribution in [-0.2, 0) is 0 Å². The zero-order valence-electron chi connectivity index (χ0n) is 7.11. The first-order valence-electron chi connectivity index (χ1n) is 3.94. The first-order chi connectivity index (χ1) is 6.70. The zero-order chi connectivity index (χ0) is 10.1. The molecule has 0 aliphatic heterocycles. The number of nitrogen functional groups attached to an aromatic ring is 1. The van der Waals surface area contributed by atoms with Crippen molar-refractivity contribution < 1.29 is 0 Å². The van der Waals surface area contributed by atoms with E-state index in [-0.39, 0.29) is 0 Å². The van der Waals surface area contributed by atoms with E-state index in [1.54, 1.807) is 10.9 Å². The van der Waals surface area contributed by atoms with Crippen LogP contribution < -0.4 is 5.73 Å². The van der Waals surface area contributed by atoms with E-state index in [0.29, 0.717) is 5.82 Å². The number of hydrogen-bond acceptors (Lipinski definition) is 2. The lowest BCUT2D eigenvalue weighted by molar-refractivity contribution is 0.887. The van der Waals surface area contributed by atoms with Crippen molar-refractivity contribution in [1.82, 2.24) is 9.78 Å². The van der Waals surface area contributed by atoms with Crippen LogP contribution >= 0.6 is 38.5 Å². The van der Waals surface area contributed by atoms with Gasteiger partial charge in [0.2, 0.25) is 0 Å². The molecule has 0 aliphatic carbocycles. The number of halogens is 2.